The van der Waals surface area contributed by atoms with E-state index in [0.717, 1.165) is 0 Å². The summed E-state index contributed by atoms with van der Waals surface area (Å²) in [6.07, 6.45) is 3.72. The maximum Gasteiger partial charge on any atom is 0.326 e. The summed E-state index contributed by atoms with van der Waals surface area (Å²) in [5, 5.41) is 35.5. The molecule has 0 saturated heterocycles. The van der Waals surface area contributed by atoms with E-state index >= 15 is 0 Å². The van der Waals surface area contributed by atoms with Gasteiger partial charge in [-0.2, -0.15) is 0 Å². The molecule has 1 aromatic rings. The minimum Gasteiger partial charge on any atom is -0.508 e. The number of rotatable bonds is 29. The molecule has 1 rings (SSSR count). The average Bonchev–Trinajstić information content (AvgIpc) is 3.18. The third-order valence-corrected chi connectivity index (χ3v) is 10.1. The summed E-state index contributed by atoms with van der Waals surface area (Å²) in [6, 6.07) is -1.75. The normalized spacial score (nSPS) is 15.3. The largest absolute Gasteiger partial charge is 0.508 e. The van der Waals surface area contributed by atoms with Crippen LogP contribution in [0, 0.1) is 17.8 Å². The summed E-state index contributed by atoms with van der Waals surface area (Å²) in [5.41, 5.74) is 18.0. The molecule has 1 aromatic carbocycles. The van der Waals surface area contributed by atoms with Gasteiger partial charge in [0.1, 0.15) is 42.0 Å². The van der Waals surface area contributed by atoms with Crippen molar-refractivity contribution in [3.05, 3.63) is 29.8 Å². The van der Waals surface area contributed by atoms with Gasteiger partial charge in [0.25, 0.3) is 0 Å². The van der Waals surface area contributed by atoms with Crippen molar-refractivity contribution in [3.8, 4) is 5.75 Å². The Hall–Kier alpha value is -4.81. The molecule has 0 bridgehead atoms. The topological polar surface area (TPSA) is 310 Å². The number of phenolic OH excluding ortho intramolecular Hbond substituents is 1. The fraction of sp³-hybridized carbons (Fsp3) is 0.690. The number of aliphatic carboxylic acids is 1. The SMILES string of the molecule is CC[C@H](C)[C@H](NC(=O)[C@H](Cc1ccc(O)cc1)NC(=O)[C@H](CCCCN)NC(=O)[C@@H](N)CCCCN)C(=O)N[C@@H](CC(C)C)C(=O)N[C@@H](C)C(=O)N[C@@H](CC(C)C)C(=O)O. The van der Waals surface area contributed by atoms with Crippen LogP contribution in [0.15, 0.2) is 24.3 Å². The first-order valence-corrected chi connectivity index (χ1v) is 21.2. The fourth-order valence-corrected chi connectivity index (χ4v) is 6.32. The summed E-state index contributed by atoms with van der Waals surface area (Å²) in [6.45, 7) is 13.1. The molecular weight excluding hydrogens is 775 g/mol. The number of nitrogens with one attached hydrogen (secondary N) is 6. The molecule has 340 valence electrons. The van der Waals surface area contributed by atoms with Gasteiger partial charge in [-0.05, 0) is 100 Å². The Balaban J connectivity index is 3.38. The first kappa shape index (κ1) is 53.2. The zero-order chi connectivity index (χ0) is 45.5. The number of carboxylic acids is 1. The van der Waals surface area contributed by atoms with Crippen molar-refractivity contribution in [1.82, 2.24) is 31.9 Å². The molecule has 18 nitrogen and oxygen atoms in total. The Bertz CT molecular complexity index is 1530. The summed E-state index contributed by atoms with van der Waals surface area (Å²) in [7, 11) is 0. The second-order valence-electron chi connectivity index (χ2n) is 16.5. The maximum absolute atomic E-state index is 14.2. The number of benzene rings is 1. The number of hydrogen-bond acceptors (Lipinski definition) is 11. The second kappa shape index (κ2) is 27.9. The van der Waals surface area contributed by atoms with Crippen molar-refractivity contribution in [2.45, 2.75) is 155 Å². The highest BCUT2D eigenvalue weighted by atomic mass is 16.4. The molecule has 0 unspecified atom stereocenters. The van der Waals surface area contributed by atoms with Crippen molar-refractivity contribution in [3.63, 3.8) is 0 Å². The van der Waals surface area contributed by atoms with E-state index in [9.17, 15) is 43.8 Å². The number of phenols is 1. The molecule has 14 N–H and O–H groups in total. The van der Waals surface area contributed by atoms with Crippen molar-refractivity contribution < 1.29 is 43.8 Å². The molecule has 0 heterocycles. The summed E-state index contributed by atoms with van der Waals surface area (Å²) in [4.78, 5) is 93.5. The van der Waals surface area contributed by atoms with Gasteiger partial charge in [-0.15, -0.1) is 0 Å². The molecule has 0 radical (unpaired) electrons. The average molecular weight is 848 g/mol. The van der Waals surface area contributed by atoms with Gasteiger partial charge < -0.3 is 59.3 Å². The van der Waals surface area contributed by atoms with Crippen LogP contribution in [0.1, 0.15) is 112 Å². The lowest BCUT2D eigenvalue weighted by molar-refractivity contribution is -0.142. The fourth-order valence-electron chi connectivity index (χ4n) is 6.32. The van der Waals surface area contributed by atoms with Gasteiger partial charge in [0, 0.05) is 6.42 Å². The highest BCUT2D eigenvalue weighted by Crippen LogP contribution is 2.15. The zero-order valence-corrected chi connectivity index (χ0v) is 36.6. The van der Waals surface area contributed by atoms with Crippen LogP contribution >= 0.6 is 0 Å². The van der Waals surface area contributed by atoms with Crippen LogP contribution in [0.25, 0.3) is 0 Å². The van der Waals surface area contributed by atoms with Crippen LogP contribution in [0.3, 0.4) is 0 Å². The van der Waals surface area contributed by atoms with Crippen LogP contribution in [-0.2, 0) is 40.0 Å². The van der Waals surface area contributed by atoms with Crippen molar-refractivity contribution in [2.75, 3.05) is 13.1 Å². The van der Waals surface area contributed by atoms with Crippen molar-refractivity contribution in [1.29, 1.82) is 0 Å². The van der Waals surface area contributed by atoms with E-state index in [1.54, 1.807) is 19.1 Å². The van der Waals surface area contributed by atoms with Crippen LogP contribution in [0.5, 0.6) is 5.75 Å². The molecule has 60 heavy (non-hydrogen) atoms. The molecule has 0 aliphatic heterocycles. The van der Waals surface area contributed by atoms with Gasteiger partial charge >= 0.3 is 5.97 Å². The quantitative estimate of drug-likeness (QED) is 0.0496. The Kier molecular flexibility index (Phi) is 24.7. The number of amides is 6. The summed E-state index contributed by atoms with van der Waals surface area (Å²) < 4.78 is 0. The summed E-state index contributed by atoms with van der Waals surface area (Å²) in [5.74, 6) is -5.72. The first-order chi connectivity index (χ1) is 28.2. The van der Waals surface area contributed by atoms with Gasteiger partial charge in [0.2, 0.25) is 35.4 Å². The Morgan fingerprint density at radius 2 is 1.07 bits per heavy atom. The van der Waals surface area contributed by atoms with Gasteiger partial charge in [0.15, 0.2) is 0 Å². The minimum atomic E-state index is -1.26. The number of hydrogen-bond donors (Lipinski definition) is 11. The number of nitrogens with two attached hydrogens (primary N) is 3. The van der Waals surface area contributed by atoms with Gasteiger partial charge in [0.05, 0.1) is 6.04 Å². The number of aromatic hydroxyl groups is 1. The lowest BCUT2D eigenvalue weighted by Gasteiger charge is -2.30. The third-order valence-electron chi connectivity index (χ3n) is 10.1. The lowest BCUT2D eigenvalue weighted by Crippen LogP contribution is -2.61. The van der Waals surface area contributed by atoms with E-state index < -0.39 is 89.6 Å². The molecule has 0 aliphatic carbocycles. The van der Waals surface area contributed by atoms with E-state index in [4.69, 9.17) is 17.2 Å². The van der Waals surface area contributed by atoms with Crippen molar-refractivity contribution in [2.24, 2.45) is 35.0 Å². The Labute approximate surface area is 355 Å². The highest BCUT2D eigenvalue weighted by molar-refractivity contribution is 5.97. The predicted molar refractivity (Wildman–Crippen MR) is 229 cm³/mol. The smallest absolute Gasteiger partial charge is 0.326 e. The predicted octanol–water partition coefficient (Wildman–Crippen LogP) is 0.672. The van der Waals surface area contributed by atoms with Crippen molar-refractivity contribution >= 4 is 41.4 Å². The highest BCUT2D eigenvalue weighted by Gasteiger charge is 2.35. The summed E-state index contributed by atoms with van der Waals surface area (Å²) >= 11 is 0. The molecule has 0 aliphatic rings. The van der Waals surface area contributed by atoms with E-state index in [1.165, 1.54) is 19.1 Å². The van der Waals surface area contributed by atoms with E-state index in [-0.39, 0.29) is 43.3 Å². The molecule has 6 amide bonds. The molecule has 8 atom stereocenters. The van der Waals surface area contributed by atoms with Crippen LogP contribution < -0.4 is 49.1 Å². The first-order valence-electron chi connectivity index (χ1n) is 21.2. The van der Waals surface area contributed by atoms with Gasteiger partial charge in [-0.1, -0.05) is 66.5 Å². The number of carbonyl (C=O) groups excluding carboxylic acids is 6. The van der Waals surface area contributed by atoms with Crippen LogP contribution in [0.4, 0.5) is 0 Å². The molecular formula is C42H73N9O9. The van der Waals surface area contributed by atoms with Gasteiger partial charge in [-0.25, -0.2) is 4.79 Å². The number of carbonyl (C=O) groups is 7. The molecule has 0 spiro atoms. The molecule has 18 heteroatoms. The zero-order valence-electron chi connectivity index (χ0n) is 36.6. The van der Waals surface area contributed by atoms with E-state index in [2.05, 4.69) is 31.9 Å². The minimum absolute atomic E-state index is 0.00614. The number of carboxylic acid groups (broad SMARTS) is 1. The standard InChI is InChI=1S/C42H73N9O9/c1-8-26(6)35(41(58)49-32(21-24(2)3)39(56)46-27(7)36(53)50-34(42(59)60)22-25(4)5)51-40(57)33(23-28-15-17-29(52)18-16-28)48-38(55)31(14-10-12-20-44)47-37(54)30(45)13-9-11-19-43/h15-18,24-27,30-35,52H,8-14,19-23,43-45H2,1-7H3,(H,46,56)(H,47,54)(H,48,55)(H,49,58)(H,50,53)(H,51,57)(H,59,60)/t26-,27-,30-,31-,32-,33-,34-,35-/m0/s1. The Morgan fingerprint density at radius 3 is 1.60 bits per heavy atom. The number of unbranched alkanes of at least 4 members (excludes halogenated alkanes) is 2. The van der Waals surface area contributed by atoms with Crippen LogP contribution in [-0.4, -0.2) is 107 Å². The monoisotopic (exact) mass is 848 g/mol. The van der Waals surface area contributed by atoms with Gasteiger partial charge in [-0.3, -0.25) is 28.8 Å². The second-order valence-corrected chi connectivity index (χ2v) is 16.5. The van der Waals surface area contributed by atoms with E-state index in [0.29, 0.717) is 57.2 Å². The molecule has 0 fully saturated rings. The van der Waals surface area contributed by atoms with E-state index in [1.807, 2.05) is 34.6 Å². The third kappa shape index (κ3) is 20.0. The molecule has 0 saturated carbocycles. The maximum atomic E-state index is 14.2. The van der Waals surface area contributed by atoms with Crippen LogP contribution in [0.2, 0.25) is 0 Å². The Morgan fingerprint density at radius 1 is 0.583 bits per heavy atom. The molecule has 0 aromatic heterocycles. The lowest BCUT2D eigenvalue weighted by atomic mass is 9.95.